The molecule has 0 radical (unpaired) electrons. The van der Waals surface area contributed by atoms with Crippen LogP contribution >= 0.6 is 0 Å². The van der Waals surface area contributed by atoms with Crippen LogP contribution in [0.1, 0.15) is 29.5 Å². The highest BCUT2D eigenvalue weighted by atomic mass is 16.5. The van der Waals surface area contributed by atoms with Crippen molar-refractivity contribution in [3.8, 4) is 5.75 Å². The van der Waals surface area contributed by atoms with Crippen LogP contribution < -0.4 is 10.1 Å². The van der Waals surface area contributed by atoms with Crippen molar-refractivity contribution in [2.75, 3.05) is 6.61 Å². The number of ether oxygens (including phenoxy) is 1. The highest BCUT2D eigenvalue weighted by Gasteiger charge is 2.03. The molecule has 0 atom stereocenters. The third kappa shape index (κ3) is 5.99. The van der Waals surface area contributed by atoms with E-state index in [1.165, 1.54) is 5.56 Å². The van der Waals surface area contributed by atoms with Gasteiger partial charge in [0.15, 0.2) is 0 Å². The summed E-state index contributed by atoms with van der Waals surface area (Å²) in [6.07, 6.45) is 4.87. The van der Waals surface area contributed by atoms with Gasteiger partial charge in [0.1, 0.15) is 5.75 Å². The van der Waals surface area contributed by atoms with Gasteiger partial charge in [0.25, 0.3) is 0 Å². The molecular formula is C22H25N3O2. The molecule has 0 saturated carbocycles. The van der Waals surface area contributed by atoms with Crippen LogP contribution in [-0.2, 0) is 17.9 Å². The lowest BCUT2D eigenvalue weighted by Gasteiger charge is -2.09. The van der Waals surface area contributed by atoms with Gasteiger partial charge in [-0.3, -0.25) is 9.48 Å². The minimum absolute atomic E-state index is 0.0454. The number of aromatic nitrogens is 2. The van der Waals surface area contributed by atoms with Crippen LogP contribution in [0.5, 0.6) is 5.75 Å². The number of rotatable bonds is 9. The zero-order chi connectivity index (χ0) is 18.9. The average molecular weight is 363 g/mol. The lowest BCUT2D eigenvalue weighted by molar-refractivity contribution is -0.121. The van der Waals surface area contributed by atoms with E-state index in [2.05, 4.69) is 22.5 Å². The van der Waals surface area contributed by atoms with Gasteiger partial charge in [-0.1, -0.05) is 42.5 Å². The van der Waals surface area contributed by atoms with E-state index in [9.17, 15) is 4.79 Å². The summed E-state index contributed by atoms with van der Waals surface area (Å²) in [5, 5.41) is 7.16. The summed E-state index contributed by atoms with van der Waals surface area (Å²) in [5.74, 6) is 0.928. The first-order valence-corrected chi connectivity index (χ1v) is 9.21. The van der Waals surface area contributed by atoms with E-state index >= 15 is 0 Å². The summed E-state index contributed by atoms with van der Waals surface area (Å²) in [6.45, 7) is 3.85. The molecule has 1 N–H and O–H groups in total. The molecule has 0 bridgehead atoms. The van der Waals surface area contributed by atoms with Crippen LogP contribution in [-0.4, -0.2) is 22.3 Å². The minimum Gasteiger partial charge on any atom is -0.493 e. The predicted molar refractivity (Wildman–Crippen MR) is 106 cm³/mol. The third-order valence-electron chi connectivity index (χ3n) is 4.32. The van der Waals surface area contributed by atoms with Crippen molar-refractivity contribution in [1.29, 1.82) is 0 Å². The normalized spacial score (nSPS) is 10.6. The molecular weight excluding hydrogens is 338 g/mol. The van der Waals surface area contributed by atoms with Gasteiger partial charge in [0.05, 0.1) is 13.2 Å². The zero-order valence-electron chi connectivity index (χ0n) is 15.6. The summed E-state index contributed by atoms with van der Waals surface area (Å²) in [5.41, 5.74) is 3.38. The quantitative estimate of drug-likeness (QED) is 0.590. The number of hydrogen-bond donors (Lipinski definition) is 1. The Bertz CT molecular complexity index is 842. The van der Waals surface area contributed by atoms with E-state index in [0.29, 0.717) is 26.0 Å². The molecule has 0 aliphatic rings. The topological polar surface area (TPSA) is 56.1 Å². The molecule has 1 aromatic heterocycles. The number of benzene rings is 2. The number of para-hydroxylation sites is 1. The molecule has 0 saturated heterocycles. The molecule has 5 nitrogen and oxygen atoms in total. The Labute approximate surface area is 160 Å². The molecule has 1 amide bonds. The fourth-order valence-electron chi connectivity index (χ4n) is 2.77. The van der Waals surface area contributed by atoms with Gasteiger partial charge in [-0.2, -0.15) is 5.10 Å². The van der Waals surface area contributed by atoms with E-state index in [1.54, 1.807) is 6.20 Å². The Morgan fingerprint density at radius 3 is 2.59 bits per heavy atom. The Morgan fingerprint density at radius 2 is 1.85 bits per heavy atom. The molecule has 0 fully saturated rings. The Hall–Kier alpha value is -3.08. The molecule has 0 aliphatic heterocycles. The van der Waals surface area contributed by atoms with E-state index in [1.807, 2.05) is 60.3 Å². The summed E-state index contributed by atoms with van der Waals surface area (Å²) in [7, 11) is 0. The molecule has 3 aromatic rings. The van der Waals surface area contributed by atoms with Gasteiger partial charge in [-0.25, -0.2) is 0 Å². The Morgan fingerprint density at radius 1 is 1.07 bits per heavy atom. The first kappa shape index (κ1) is 18.7. The number of nitrogens with zero attached hydrogens (tertiary/aromatic N) is 2. The maximum absolute atomic E-state index is 12.0. The van der Waals surface area contributed by atoms with Crippen molar-refractivity contribution in [3.05, 3.63) is 83.7 Å². The molecule has 2 aromatic carbocycles. The van der Waals surface area contributed by atoms with Crippen molar-refractivity contribution in [3.63, 3.8) is 0 Å². The fraction of sp³-hybridized carbons (Fsp3) is 0.273. The van der Waals surface area contributed by atoms with Crippen LogP contribution in [0.15, 0.2) is 67.0 Å². The van der Waals surface area contributed by atoms with Gasteiger partial charge in [-0.15, -0.1) is 0 Å². The first-order valence-electron chi connectivity index (χ1n) is 9.21. The summed E-state index contributed by atoms with van der Waals surface area (Å²) >= 11 is 0. The third-order valence-corrected chi connectivity index (χ3v) is 4.32. The molecule has 5 heteroatoms. The number of carbonyl (C=O) groups is 1. The van der Waals surface area contributed by atoms with Gasteiger partial charge in [-0.05, 0) is 42.2 Å². The minimum atomic E-state index is 0.0454. The van der Waals surface area contributed by atoms with Gasteiger partial charge in [0.2, 0.25) is 5.91 Å². The highest BCUT2D eigenvalue weighted by molar-refractivity contribution is 5.75. The second kappa shape index (κ2) is 9.57. The average Bonchev–Trinajstić information content (AvgIpc) is 3.19. The van der Waals surface area contributed by atoms with E-state index in [0.717, 1.165) is 23.4 Å². The molecule has 140 valence electrons. The molecule has 0 spiro atoms. The Balaban J connectivity index is 1.34. The number of amides is 1. The van der Waals surface area contributed by atoms with Crippen molar-refractivity contribution < 1.29 is 9.53 Å². The number of nitrogens with one attached hydrogen (secondary N) is 1. The molecule has 3 rings (SSSR count). The molecule has 0 aliphatic carbocycles. The zero-order valence-corrected chi connectivity index (χ0v) is 15.6. The number of hydrogen-bond acceptors (Lipinski definition) is 3. The predicted octanol–water partition coefficient (Wildman–Crippen LogP) is 3.72. The first-order chi connectivity index (χ1) is 13.2. The van der Waals surface area contributed by atoms with Crippen LogP contribution in [0.3, 0.4) is 0 Å². The SMILES string of the molecule is Cc1ccccc1OCCCC(=O)NCc1ccc(Cn2cccn2)cc1. The smallest absolute Gasteiger partial charge is 0.220 e. The Kier molecular flexibility index (Phi) is 6.63. The van der Waals surface area contributed by atoms with Gasteiger partial charge >= 0.3 is 0 Å². The molecule has 0 unspecified atom stereocenters. The van der Waals surface area contributed by atoms with Crippen LogP contribution in [0.25, 0.3) is 0 Å². The summed E-state index contributed by atoms with van der Waals surface area (Å²) in [6, 6.07) is 18.0. The second-order valence-corrected chi connectivity index (χ2v) is 6.51. The lowest BCUT2D eigenvalue weighted by Crippen LogP contribution is -2.23. The molecule has 27 heavy (non-hydrogen) atoms. The van der Waals surface area contributed by atoms with E-state index < -0.39 is 0 Å². The van der Waals surface area contributed by atoms with E-state index in [-0.39, 0.29) is 5.91 Å². The highest BCUT2D eigenvalue weighted by Crippen LogP contribution is 2.16. The maximum Gasteiger partial charge on any atom is 0.220 e. The molecule has 1 heterocycles. The van der Waals surface area contributed by atoms with Crippen molar-refractivity contribution in [2.24, 2.45) is 0 Å². The maximum atomic E-state index is 12.0. The second-order valence-electron chi connectivity index (χ2n) is 6.51. The van der Waals surface area contributed by atoms with Gasteiger partial charge in [0, 0.05) is 25.4 Å². The fourth-order valence-corrected chi connectivity index (χ4v) is 2.77. The standard InChI is InChI=1S/C22H25N3O2/c1-18-6-2-3-7-21(18)27-15-4-8-22(26)23-16-19-9-11-20(12-10-19)17-25-14-5-13-24-25/h2-3,5-7,9-14H,4,8,15-17H2,1H3,(H,23,26). The summed E-state index contributed by atoms with van der Waals surface area (Å²) < 4.78 is 7.60. The summed E-state index contributed by atoms with van der Waals surface area (Å²) in [4.78, 5) is 12.0. The van der Waals surface area contributed by atoms with Crippen molar-refractivity contribution >= 4 is 5.91 Å². The van der Waals surface area contributed by atoms with Crippen molar-refractivity contribution in [2.45, 2.75) is 32.9 Å². The van der Waals surface area contributed by atoms with Crippen LogP contribution in [0.4, 0.5) is 0 Å². The monoisotopic (exact) mass is 363 g/mol. The van der Waals surface area contributed by atoms with Crippen LogP contribution in [0, 0.1) is 6.92 Å². The number of aryl methyl sites for hydroxylation is 1. The van der Waals surface area contributed by atoms with E-state index in [4.69, 9.17) is 4.74 Å². The van der Waals surface area contributed by atoms with Crippen LogP contribution in [0.2, 0.25) is 0 Å². The largest absolute Gasteiger partial charge is 0.493 e. The number of carbonyl (C=O) groups excluding carboxylic acids is 1. The van der Waals surface area contributed by atoms with Gasteiger partial charge < -0.3 is 10.1 Å². The van der Waals surface area contributed by atoms with Crippen molar-refractivity contribution in [1.82, 2.24) is 15.1 Å². The lowest BCUT2D eigenvalue weighted by atomic mass is 10.1.